The fourth-order valence-corrected chi connectivity index (χ4v) is 2.60. The lowest BCUT2D eigenvalue weighted by Gasteiger charge is -2.05. The number of pyridine rings is 1. The van der Waals surface area contributed by atoms with Gasteiger partial charge in [-0.25, -0.2) is 9.97 Å². The van der Waals surface area contributed by atoms with Crippen molar-refractivity contribution in [3.05, 3.63) is 52.9 Å². The third-order valence-corrected chi connectivity index (χ3v) is 3.96. The number of rotatable bonds is 5. The zero-order chi connectivity index (χ0) is 14.7. The van der Waals surface area contributed by atoms with Crippen molar-refractivity contribution in [3.63, 3.8) is 0 Å². The Morgan fingerprint density at radius 3 is 2.81 bits per heavy atom. The summed E-state index contributed by atoms with van der Waals surface area (Å²) in [5.74, 6) is 2.03. The van der Waals surface area contributed by atoms with Crippen LogP contribution in [0.15, 0.2) is 47.1 Å². The first kappa shape index (κ1) is 14.1. The summed E-state index contributed by atoms with van der Waals surface area (Å²) in [4.78, 5) is 8.98. The SMILES string of the molecule is Cn1c(CCCNc2ccc(Br)cn2)nc2ccccc21. The maximum atomic E-state index is 4.68. The van der Waals surface area contributed by atoms with Gasteiger partial charge in [0.25, 0.3) is 0 Å². The smallest absolute Gasteiger partial charge is 0.125 e. The zero-order valence-electron chi connectivity index (χ0n) is 11.9. The first-order valence-electron chi connectivity index (χ1n) is 7.00. The molecule has 108 valence electrons. The van der Waals surface area contributed by atoms with Gasteiger partial charge in [-0.05, 0) is 46.6 Å². The summed E-state index contributed by atoms with van der Waals surface area (Å²) in [6.45, 7) is 0.887. The van der Waals surface area contributed by atoms with Gasteiger partial charge in [0.05, 0.1) is 11.0 Å². The van der Waals surface area contributed by atoms with Gasteiger partial charge in [-0.2, -0.15) is 0 Å². The Morgan fingerprint density at radius 1 is 1.19 bits per heavy atom. The van der Waals surface area contributed by atoms with E-state index < -0.39 is 0 Å². The zero-order valence-corrected chi connectivity index (χ0v) is 13.5. The summed E-state index contributed by atoms with van der Waals surface area (Å²) in [6.07, 6.45) is 3.78. The van der Waals surface area contributed by atoms with Crippen molar-refractivity contribution >= 4 is 32.8 Å². The number of aromatic nitrogens is 3. The molecule has 1 aromatic carbocycles. The Morgan fingerprint density at radius 2 is 2.05 bits per heavy atom. The highest BCUT2D eigenvalue weighted by Crippen LogP contribution is 2.15. The van der Waals surface area contributed by atoms with Crippen LogP contribution in [0.4, 0.5) is 5.82 Å². The standard InChI is InChI=1S/C16H17BrN4/c1-21-14-6-3-2-5-13(14)20-16(21)7-4-10-18-15-9-8-12(17)11-19-15/h2-3,5-6,8-9,11H,4,7,10H2,1H3,(H,18,19). The van der Waals surface area contributed by atoms with Gasteiger partial charge >= 0.3 is 0 Å². The molecule has 0 bridgehead atoms. The van der Waals surface area contributed by atoms with E-state index in [0.717, 1.165) is 41.0 Å². The van der Waals surface area contributed by atoms with Crippen LogP contribution in [0.2, 0.25) is 0 Å². The number of fused-ring (bicyclic) bond motifs is 1. The summed E-state index contributed by atoms with van der Waals surface area (Å²) < 4.78 is 3.17. The van der Waals surface area contributed by atoms with E-state index in [1.54, 1.807) is 6.20 Å². The van der Waals surface area contributed by atoms with Crippen LogP contribution in [-0.4, -0.2) is 21.1 Å². The molecular formula is C16H17BrN4. The Bertz CT molecular complexity index is 734. The van der Waals surface area contributed by atoms with Crippen LogP contribution >= 0.6 is 15.9 Å². The van der Waals surface area contributed by atoms with Gasteiger partial charge in [0, 0.05) is 30.7 Å². The minimum Gasteiger partial charge on any atom is -0.370 e. The van der Waals surface area contributed by atoms with E-state index in [1.807, 2.05) is 18.2 Å². The highest BCUT2D eigenvalue weighted by atomic mass is 79.9. The molecule has 0 aliphatic carbocycles. The minimum absolute atomic E-state index is 0.887. The number of halogens is 1. The molecule has 0 unspecified atom stereocenters. The summed E-state index contributed by atoms with van der Waals surface area (Å²) >= 11 is 3.38. The molecule has 0 spiro atoms. The second-order valence-corrected chi connectivity index (χ2v) is 5.88. The van der Waals surface area contributed by atoms with E-state index in [-0.39, 0.29) is 0 Å². The fraction of sp³-hybridized carbons (Fsp3) is 0.250. The molecular weight excluding hydrogens is 328 g/mol. The average molecular weight is 345 g/mol. The average Bonchev–Trinajstić information content (AvgIpc) is 2.82. The topological polar surface area (TPSA) is 42.7 Å². The molecule has 0 atom stereocenters. The normalized spacial score (nSPS) is 11.0. The van der Waals surface area contributed by atoms with Crippen molar-refractivity contribution in [1.29, 1.82) is 0 Å². The van der Waals surface area contributed by atoms with Crippen molar-refractivity contribution < 1.29 is 0 Å². The van der Waals surface area contributed by atoms with Crippen LogP contribution in [-0.2, 0) is 13.5 Å². The number of imidazole rings is 1. The Balaban J connectivity index is 1.57. The second kappa shape index (κ2) is 6.26. The monoisotopic (exact) mass is 344 g/mol. The maximum Gasteiger partial charge on any atom is 0.125 e. The van der Waals surface area contributed by atoms with Gasteiger partial charge in [0.1, 0.15) is 11.6 Å². The van der Waals surface area contributed by atoms with Crippen molar-refractivity contribution in [2.75, 3.05) is 11.9 Å². The molecule has 0 amide bonds. The maximum absolute atomic E-state index is 4.68. The van der Waals surface area contributed by atoms with Gasteiger partial charge in [-0.15, -0.1) is 0 Å². The summed E-state index contributed by atoms with van der Waals surface area (Å²) in [5, 5.41) is 3.33. The first-order valence-corrected chi connectivity index (χ1v) is 7.79. The molecule has 2 heterocycles. The number of nitrogens with zero attached hydrogens (tertiary/aromatic N) is 3. The lowest BCUT2D eigenvalue weighted by atomic mass is 10.3. The number of nitrogens with one attached hydrogen (secondary N) is 1. The van der Waals surface area contributed by atoms with Gasteiger partial charge in [0.2, 0.25) is 0 Å². The van der Waals surface area contributed by atoms with Crippen molar-refractivity contribution in [2.45, 2.75) is 12.8 Å². The van der Waals surface area contributed by atoms with Crippen LogP contribution in [0.3, 0.4) is 0 Å². The van der Waals surface area contributed by atoms with E-state index in [0.29, 0.717) is 0 Å². The Kier molecular flexibility index (Phi) is 4.20. The van der Waals surface area contributed by atoms with Crippen molar-refractivity contribution in [2.24, 2.45) is 7.05 Å². The largest absolute Gasteiger partial charge is 0.370 e. The van der Waals surface area contributed by atoms with Crippen LogP contribution in [0.25, 0.3) is 11.0 Å². The molecule has 21 heavy (non-hydrogen) atoms. The quantitative estimate of drug-likeness (QED) is 0.716. The molecule has 0 saturated heterocycles. The van der Waals surface area contributed by atoms with Crippen LogP contribution < -0.4 is 5.32 Å². The lowest BCUT2D eigenvalue weighted by Crippen LogP contribution is -2.06. The molecule has 0 aliphatic heterocycles. The Labute approximate surface area is 132 Å². The highest BCUT2D eigenvalue weighted by molar-refractivity contribution is 9.10. The molecule has 0 radical (unpaired) electrons. The molecule has 2 aromatic heterocycles. The number of hydrogen-bond donors (Lipinski definition) is 1. The van der Waals surface area contributed by atoms with Crippen LogP contribution in [0.1, 0.15) is 12.2 Å². The van der Waals surface area contributed by atoms with Crippen molar-refractivity contribution in [1.82, 2.24) is 14.5 Å². The van der Waals surface area contributed by atoms with Crippen molar-refractivity contribution in [3.8, 4) is 0 Å². The van der Waals surface area contributed by atoms with Gasteiger partial charge < -0.3 is 9.88 Å². The molecule has 3 aromatic rings. The molecule has 0 saturated carbocycles. The molecule has 0 aliphatic rings. The van der Waals surface area contributed by atoms with E-state index >= 15 is 0 Å². The number of hydrogen-bond acceptors (Lipinski definition) is 3. The summed E-state index contributed by atoms with van der Waals surface area (Å²) in [6, 6.07) is 12.2. The lowest BCUT2D eigenvalue weighted by molar-refractivity contribution is 0.752. The van der Waals surface area contributed by atoms with E-state index in [1.165, 1.54) is 5.52 Å². The van der Waals surface area contributed by atoms with E-state index in [9.17, 15) is 0 Å². The number of aryl methyl sites for hydroxylation is 2. The molecule has 5 heteroatoms. The van der Waals surface area contributed by atoms with Gasteiger partial charge in [-0.1, -0.05) is 12.1 Å². The van der Waals surface area contributed by atoms with Gasteiger partial charge in [-0.3, -0.25) is 0 Å². The minimum atomic E-state index is 0.887. The van der Waals surface area contributed by atoms with E-state index in [4.69, 9.17) is 0 Å². The van der Waals surface area contributed by atoms with Crippen LogP contribution in [0, 0.1) is 0 Å². The van der Waals surface area contributed by atoms with Gasteiger partial charge in [0.15, 0.2) is 0 Å². The molecule has 3 rings (SSSR count). The number of benzene rings is 1. The third kappa shape index (κ3) is 3.24. The summed E-state index contributed by atoms with van der Waals surface area (Å²) in [7, 11) is 2.08. The van der Waals surface area contributed by atoms with E-state index in [2.05, 4.69) is 61.0 Å². The highest BCUT2D eigenvalue weighted by Gasteiger charge is 2.06. The Hall–Kier alpha value is -1.88. The second-order valence-electron chi connectivity index (χ2n) is 4.97. The van der Waals surface area contributed by atoms with Crippen LogP contribution in [0.5, 0.6) is 0 Å². The molecule has 1 N–H and O–H groups in total. The molecule has 4 nitrogen and oxygen atoms in total. The first-order chi connectivity index (χ1) is 10.2. The molecule has 0 fully saturated rings. The fourth-order valence-electron chi connectivity index (χ4n) is 2.36. The predicted octanol–water partition coefficient (Wildman–Crippen LogP) is 3.78. The third-order valence-electron chi connectivity index (χ3n) is 3.49. The summed E-state index contributed by atoms with van der Waals surface area (Å²) in [5.41, 5.74) is 2.26. The number of anilines is 1. The number of para-hydroxylation sites is 2. The predicted molar refractivity (Wildman–Crippen MR) is 89.5 cm³/mol.